The first-order valence-corrected chi connectivity index (χ1v) is 7.18. The maximum Gasteiger partial charge on any atom is 0.181 e. The molecule has 0 bridgehead atoms. The third-order valence-corrected chi connectivity index (χ3v) is 4.50. The number of rotatable bonds is 4. The molecule has 2 aromatic rings. The molecule has 5 heteroatoms. The van der Waals surface area contributed by atoms with E-state index >= 15 is 0 Å². The van der Waals surface area contributed by atoms with Crippen LogP contribution in [0.1, 0.15) is 0 Å². The molecule has 1 atom stereocenters. The summed E-state index contributed by atoms with van der Waals surface area (Å²) >= 11 is 0. The van der Waals surface area contributed by atoms with Crippen LogP contribution in [-0.2, 0) is 9.84 Å². The third-order valence-electron chi connectivity index (χ3n) is 2.70. The van der Waals surface area contributed by atoms with E-state index in [-0.39, 0.29) is 4.90 Å². The van der Waals surface area contributed by atoms with Gasteiger partial charge in [-0.25, -0.2) is 8.42 Å². The van der Waals surface area contributed by atoms with Crippen molar-refractivity contribution >= 4 is 20.6 Å². The van der Waals surface area contributed by atoms with Gasteiger partial charge in [0.05, 0.1) is 23.4 Å². The van der Waals surface area contributed by atoms with Gasteiger partial charge in [-0.2, -0.15) is 0 Å². The second kappa shape index (κ2) is 5.06. The number of fused-ring (bicyclic) bond motifs is 1. The normalized spacial score (nSPS) is 13.7. The maximum absolute atomic E-state index is 12.0. The van der Waals surface area contributed by atoms with Crippen LogP contribution < -0.4 is 0 Å². The van der Waals surface area contributed by atoms with Crippen LogP contribution in [0.4, 0.5) is 0 Å². The lowest BCUT2D eigenvalue weighted by Gasteiger charge is -2.09. The SMILES string of the molecule is O=S(=O)(CC(O)CO)c1ccc2ccccc2c1. The van der Waals surface area contributed by atoms with Gasteiger partial charge in [-0.1, -0.05) is 30.3 Å². The van der Waals surface area contributed by atoms with Crippen LogP contribution in [0.5, 0.6) is 0 Å². The van der Waals surface area contributed by atoms with Crippen molar-refractivity contribution < 1.29 is 18.6 Å². The Hall–Kier alpha value is -1.43. The average Bonchev–Trinajstić information content (AvgIpc) is 2.37. The molecule has 0 aliphatic rings. The number of aliphatic hydroxyl groups excluding tert-OH is 2. The van der Waals surface area contributed by atoms with Gasteiger partial charge in [0.2, 0.25) is 0 Å². The largest absolute Gasteiger partial charge is 0.394 e. The summed E-state index contributed by atoms with van der Waals surface area (Å²) in [5.41, 5.74) is 0. The van der Waals surface area contributed by atoms with Gasteiger partial charge in [0.1, 0.15) is 0 Å². The van der Waals surface area contributed by atoms with Crippen LogP contribution in [0.25, 0.3) is 10.8 Å². The van der Waals surface area contributed by atoms with E-state index in [1.54, 1.807) is 12.1 Å². The molecule has 2 aromatic carbocycles. The van der Waals surface area contributed by atoms with E-state index in [9.17, 15) is 13.5 Å². The molecule has 0 radical (unpaired) electrons. The Morgan fingerprint density at radius 3 is 2.39 bits per heavy atom. The van der Waals surface area contributed by atoms with Crippen molar-refractivity contribution in [1.82, 2.24) is 0 Å². The first-order valence-electron chi connectivity index (χ1n) is 5.53. The fourth-order valence-corrected chi connectivity index (χ4v) is 3.15. The Kier molecular flexibility index (Phi) is 3.65. The molecule has 0 spiro atoms. The lowest BCUT2D eigenvalue weighted by atomic mass is 10.1. The van der Waals surface area contributed by atoms with Crippen molar-refractivity contribution in [2.75, 3.05) is 12.4 Å². The molecule has 1 unspecified atom stereocenters. The van der Waals surface area contributed by atoms with E-state index in [2.05, 4.69) is 0 Å². The molecular formula is C13H14O4S. The van der Waals surface area contributed by atoms with Gasteiger partial charge in [-0.05, 0) is 22.9 Å². The lowest BCUT2D eigenvalue weighted by molar-refractivity contribution is 0.112. The van der Waals surface area contributed by atoms with Crippen LogP contribution in [-0.4, -0.2) is 37.1 Å². The predicted molar refractivity (Wildman–Crippen MR) is 69.1 cm³/mol. The highest BCUT2D eigenvalue weighted by molar-refractivity contribution is 7.91. The maximum atomic E-state index is 12.0. The zero-order valence-electron chi connectivity index (χ0n) is 9.65. The van der Waals surface area contributed by atoms with Crippen LogP contribution in [0.3, 0.4) is 0 Å². The number of sulfone groups is 1. The highest BCUT2D eigenvalue weighted by Gasteiger charge is 2.19. The first-order chi connectivity index (χ1) is 8.53. The fourth-order valence-electron chi connectivity index (χ4n) is 1.76. The minimum atomic E-state index is -3.57. The molecule has 0 heterocycles. The van der Waals surface area contributed by atoms with Crippen molar-refractivity contribution in [3.05, 3.63) is 42.5 Å². The van der Waals surface area contributed by atoms with Crippen LogP contribution in [0.15, 0.2) is 47.4 Å². The molecule has 0 aliphatic carbocycles. The summed E-state index contributed by atoms with van der Waals surface area (Å²) in [6.45, 7) is -0.563. The van der Waals surface area contributed by atoms with Gasteiger partial charge >= 0.3 is 0 Å². The smallest absolute Gasteiger partial charge is 0.181 e. The van der Waals surface area contributed by atoms with Crippen molar-refractivity contribution in [2.45, 2.75) is 11.0 Å². The van der Waals surface area contributed by atoms with E-state index < -0.39 is 28.3 Å². The van der Waals surface area contributed by atoms with Gasteiger partial charge in [0.15, 0.2) is 9.84 Å². The number of hydrogen-bond donors (Lipinski definition) is 2. The van der Waals surface area contributed by atoms with E-state index in [1.165, 1.54) is 6.07 Å². The molecule has 18 heavy (non-hydrogen) atoms. The van der Waals surface area contributed by atoms with E-state index in [4.69, 9.17) is 5.11 Å². The summed E-state index contributed by atoms with van der Waals surface area (Å²) in [4.78, 5) is 0.161. The van der Waals surface area contributed by atoms with Crippen LogP contribution >= 0.6 is 0 Å². The standard InChI is InChI=1S/C13H14O4S/c14-8-12(15)9-18(16,17)13-6-5-10-3-1-2-4-11(10)7-13/h1-7,12,14-15H,8-9H2. The predicted octanol–water partition coefficient (Wildman–Crippen LogP) is 0.967. The minimum absolute atomic E-state index is 0.161. The summed E-state index contributed by atoms with van der Waals surface area (Å²) < 4.78 is 23.9. The van der Waals surface area contributed by atoms with E-state index in [1.807, 2.05) is 24.3 Å². The second-order valence-electron chi connectivity index (χ2n) is 4.13. The number of benzene rings is 2. The van der Waals surface area contributed by atoms with Crippen molar-refractivity contribution in [2.24, 2.45) is 0 Å². The molecule has 96 valence electrons. The van der Waals surface area contributed by atoms with Crippen LogP contribution in [0.2, 0.25) is 0 Å². The average molecular weight is 266 g/mol. The number of aliphatic hydroxyl groups is 2. The summed E-state index contributed by atoms with van der Waals surface area (Å²) in [6.07, 6.45) is -1.25. The van der Waals surface area contributed by atoms with Gasteiger partial charge in [0.25, 0.3) is 0 Å². The summed E-state index contributed by atoms with van der Waals surface area (Å²) in [5.74, 6) is -0.470. The Morgan fingerprint density at radius 2 is 1.72 bits per heavy atom. The molecule has 2 N–H and O–H groups in total. The topological polar surface area (TPSA) is 74.6 Å². The van der Waals surface area contributed by atoms with Gasteiger partial charge < -0.3 is 10.2 Å². The Labute approximate surface area is 105 Å². The summed E-state index contributed by atoms with van der Waals surface area (Å²) in [6, 6.07) is 12.3. The zero-order chi connectivity index (χ0) is 13.2. The molecule has 0 saturated heterocycles. The quantitative estimate of drug-likeness (QED) is 0.864. The van der Waals surface area contributed by atoms with E-state index in [0.717, 1.165) is 10.8 Å². The Balaban J connectivity index is 2.41. The fraction of sp³-hybridized carbons (Fsp3) is 0.231. The van der Waals surface area contributed by atoms with Gasteiger partial charge in [-0.3, -0.25) is 0 Å². The summed E-state index contributed by atoms with van der Waals surface area (Å²) in [7, 11) is -3.57. The van der Waals surface area contributed by atoms with Gasteiger partial charge in [-0.15, -0.1) is 0 Å². The molecule has 0 aromatic heterocycles. The highest BCUT2D eigenvalue weighted by atomic mass is 32.2. The van der Waals surface area contributed by atoms with E-state index in [0.29, 0.717) is 0 Å². The second-order valence-corrected chi connectivity index (χ2v) is 6.16. The molecule has 0 fully saturated rings. The highest BCUT2D eigenvalue weighted by Crippen LogP contribution is 2.20. The first kappa shape index (κ1) is 13.0. The molecule has 4 nitrogen and oxygen atoms in total. The summed E-state index contributed by atoms with van der Waals surface area (Å²) in [5, 5.41) is 19.7. The number of hydrogen-bond acceptors (Lipinski definition) is 4. The van der Waals surface area contributed by atoms with Crippen molar-refractivity contribution in [3.8, 4) is 0 Å². The monoisotopic (exact) mass is 266 g/mol. The van der Waals surface area contributed by atoms with Gasteiger partial charge in [0, 0.05) is 0 Å². The lowest BCUT2D eigenvalue weighted by Crippen LogP contribution is -2.24. The van der Waals surface area contributed by atoms with Crippen molar-refractivity contribution in [3.63, 3.8) is 0 Å². The molecule has 0 saturated carbocycles. The van der Waals surface area contributed by atoms with Crippen molar-refractivity contribution in [1.29, 1.82) is 0 Å². The molecular weight excluding hydrogens is 252 g/mol. The Morgan fingerprint density at radius 1 is 1.06 bits per heavy atom. The molecule has 0 aliphatic heterocycles. The minimum Gasteiger partial charge on any atom is -0.394 e. The van der Waals surface area contributed by atoms with Crippen LogP contribution in [0, 0.1) is 0 Å². The third kappa shape index (κ3) is 2.69. The zero-order valence-corrected chi connectivity index (χ0v) is 10.5. The Bertz CT molecular complexity index is 649. The molecule has 2 rings (SSSR count). The molecule has 0 amide bonds.